The van der Waals surface area contributed by atoms with Crippen LogP contribution in [0.1, 0.15) is 44.2 Å². The summed E-state index contributed by atoms with van der Waals surface area (Å²) < 4.78 is 11.6. The molecule has 0 radical (unpaired) electrons. The van der Waals surface area contributed by atoms with E-state index >= 15 is 0 Å². The molecule has 3 rings (SSSR count). The van der Waals surface area contributed by atoms with Crippen LogP contribution in [0.2, 0.25) is 0 Å². The van der Waals surface area contributed by atoms with Crippen molar-refractivity contribution >= 4 is 0 Å². The first-order valence-corrected chi connectivity index (χ1v) is 7.75. The fourth-order valence-corrected chi connectivity index (χ4v) is 3.52. The summed E-state index contributed by atoms with van der Waals surface area (Å²) in [6.07, 6.45) is 4.38. The predicted molar refractivity (Wildman–Crippen MR) is 79.5 cm³/mol. The number of rotatable bonds is 3. The van der Waals surface area contributed by atoms with E-state index in [2.05, 4.69) is 49.2 Å². The first-order valence-electron chi connectivity index (χ1n) is 7.75. The Morgan fingerprint density at radius 3 is 2.30 bits per heavy atom. The zero-order valence-corrected chi connectivity index (χ0v) is 12.5. The van der Waals surface area contributed by atoms with Crippen molar-refractivity contribution < 1.29 is 9.47 Å². The maximum absolute atomic E-state index is 5.81. The molecule has 1 heterocycles. The van der Waals surface area contributed by atoms with Gasteiger partial charge in [0.25, 0.3) is 0 Å². The van der Waals surface area contributed by atoms with Crippen molar-refractivity contribution in [3.05, 3.63) is 35.9 Å². The van der Waals surface area contributed by atoms with E-state index in [1.54, 1.807) is 0 Å². The molecular weight excluding hydrogens is 250 g/mol. The van der Waals surface area contributed by atoms with Gasteiger partial charge in [0.2, 0.25) is 0 Å². The predicted octanol–water partition coefficient (Wildman–Crippen LogP) is 3.37. The SMILES string of the molecule is CC(c1ccccc1)N(C)C1CCC2(CC1)OCCO2. The van der Waals surface area contributed by atoms with Crippen LogP contribution in [0.3, 0.4) is 0 Å². The third kappa shape index (κ3) is 2.76. The first-order chi connectivity index (χ1) is 9.70. The van der Waals surface area contributed by atoms with Gasteiger partial charge in [-0.2, -0.15) is 0 Å². The number of hydrogen-bond acceptors (Lipinski definition) is 3. The fraction of sp³-hybridized carbons (Fsp3) is 0.647. The molecule has 1 saturated carbocycles. The zero-order chi connectivity index (χ0) is 14.0. The molecule has 0 aromatic heterocycles. The largest absolute Gasteiger partial charge is 0.348 e. The lowest BCUT2D eigenvalue weighted by molar-refractivity contribution is -0.184. The van der Waals surface area contributed by atoms with Crippen LogP contribution in [0.15, 0.2) is 30.3 Å². The Hall–Kier alpha value is -0.900. The molecule has 110 valence electrons. The maximum Gasteiger partial charge on any atom is 0.168 e. The molecule has 20 heavy (non-hydrogen) atoms. The van der Waals surface area contributed by atoms with Crippen LogP contribution in [0, 0.1) is 0 Å². The normalized spacial score (nSPS) is 24.4. The molecule has 1 spiro atoms. The average Bonchev–Trinajstić information content (AvgIpc) is 2.96. The Morgan fingerprint density at radius 1 is 1.10 bits per heavy atom. The smallest absolute Gasteiger partial charge is 0.168 e. The second kappa shape index (κ2) is 5.84. The maximum atomic E-state index is 5.81. The Bertz CT molecular complexity index is 418. The van der Waals surface area contributed by atoms with Gasteiger partial charge in [-0.25, -0.2) is 0 Å². The van der Waals surface area contributed by atoms with Gasteiger partial charge in [-0.1, -0.05) is 30.3 Å². The molecule has 1 aromatic carbocycles. The highest BCUT2D eigenvalue weighted by Crippen LogP contribution is 2.38. The van der Waals surface area contributed by atoms with Crippen molar-refractivity contribution in [3.63, 3.8) is 0 Å². The molecule has 2 aliphatic rings. The van der Waals surface area contributed by atoms with E-state index in [1.165, 1.54) is 5.56 Å². The summed E-state index contributed by atoms with van der Waals surface area (Å²) in [4.78, 5) is 2.51. The minimum Gasteiger partial charge on any atom is -0.348 e. The van der Waals surface area contributed by atoms with Gasteiger partial charge in [0.15, 0.2) is 5.79 Å². The quantitative estimate of drug-likeness (QED) is 0.844. The second-order valence-corrected chi connectivity index (χ2v) is 6.09. The molecule has 2 fully saturated rings. The first kappa shape index (κ1) is 14.1. The van der Waals surface area contributed by atoms with Crippen LogP contribution in [0.4, 0.5) is 0 Å². The third-order valence-corrected chi connectivity index (χ3v) is 5.00. The van der Waals surface area contributed by atoms with E-state index < -0.39 is 0 Å². The molecule has 1 saturated heterocycles. The number of ether oxygens (including phenoxy) is 2. The van der Waals surface area contributed by atoms with E-state index in [4.69, 9.17) is 9.47 Å². The monoisotopic (exact) mass is 275 g/mol. The zero-order valence-electron chi connectivity index (χ0n) is 12.5. The van der Waals surface area contributed by atoms with Gasteiger partial charge in [-0.05, 0) is 32.4 Å². The number of benzene rings is 1. The summed E-state index contributed by atoms with van der Waals surface area (Å²) in [6.45, 7) is 3.82. The van der Waals surface area contributed by atoms with Crippen LogP contribution in [0.25, 0.3) is 0 Å². The van der Waals surface area contributed by atoms with Crippen LogP contribution in [0.5, 0.6) is 0 Å². The topological polar surface area (TPSA) is 21.7 Å². The van der Waals surface area contributed by atoms with E-state index in [9.17, 15) is 0 Å². The Labute approximate surface area is 121 Å². The Kier molecular flexibility index (Phi) is 4.11. The molecule has 1 unspecified atom stereocenters. The number of nitrogens with zero attached hydrogens (tertiary/aromatic N) is 1. The molecule has 1 aliphatic heterocycles. The molecular formula is C17H25NO2. The summed E-state index contributed by atoms with van der Waals surface area (Å²) in [5.41, 5.74) is 1.39. The lowest BCUT2D eigenvalue weighted by Gasteiger charge is -2.41. The molecule has 3 heteroatoms. The van der Waals surface area contributed by atoms with Crippen LogP contribution >= 0.6 is 0 Å². The average molecular weight is 275 g/mol. The molecule has 3 nitrogen and oxygen atoms in total. The summed E-state index contributed by atoms with van der Waals surface area (Å²) in [5, 5.41) is 0. The number of hydrogen-bond donors (Lipinski definition) is 0. The fourth-order valence-electron chi connectivity index (χ4n) is 3.52. The van der Waals surface area contributed by atoms with Gasteiger partial charge in [-0.3, -0.25) is 4.90 Å². The lowest BCUT2D eigenvalue weighted by Crippen LogP contribution is -2.43. The Balaban J connectivity index is 1.60. The lowest BCUT2D eigenvalue weighted by atomic mass is 9.88. The van der Waals surface area contributed by atoms with E-state index in [0.717, 1.165) is 38.9 Å². The molecule has 0 amide bonds. The van der Waals surface area contributed by atoms with Gasteiger partial charge >= 0.3 is 0 Å². The third-order valence-electron chi connectivity index (χ3n) is 5.00. The standard InChI is InChI=1S/C17H25NO2/c1-14(15-6-4-3-5-7-15)18(2)16-8-10-17(11-9-16)19-12-13-20-17/h3-7,14,16H,8-13H2,1-2H3. The van der Waals surface area contributed by atoms with E-state index in [0.29, 0.717) is 12.1 Å². The molecule has 0 N–H and O–H groups in total. The van der Waals surface area contributed by atoms with E-state index in [1.807, 2.05) is 0 Å². The Morgan fingerprint density at radius 2 is 1.70 bits per heavy atom. The highest BCUT2D eigenvalue weighted by Gasteiger charge is 2.41. The second-order valence-electron chi connectivity index (χ2n) is 6.09. The summed E-state index contributed by atoms with van der Waals surface area (Å²) in [5.74, 6) is -0.243. The highest BCUT2D eigenvalue weighted by atomic mass is 16.7. The van der Waals surface area contributed by atoms with Gasteiger partial charge in [0, 0.05) is 24.9 Å². The van der Waals surface area contributed by atoms with E-state index in [-0.39, 0.29) is 5.79 Å². The van der Waals surface area contributed by atoms with Crippen LogP contribution < -0.4 is 0 Å². The van der Waals surface area contributed by atoms with Crippen LogP contribution in [-0.4, -0.2) is 37.0 Å². The van der Waals surface area contributed by atoms with Crippen LogP contribution in [-0.2, 0) is 9.47 Å². The molecule has 1 aliphatic carbocycles. The van der Waals surface area contributed by atoms with Gasteiger partial charge in [-0.15, -0.1) is 0 Å². The van der Waals surface area contributed by atoms with Gasteiger partial charge < -0.3 is 9.47 Å². The minimum atomic E-state index is -0.243. The minimum absolute atomic E-state index is 0.243. The van der Waals surface area contributed by atoms with Crippen molar-refractivity contribution in [3.8, 4) is 0 Å². The highest BCUT2D eigenvalue weighted by molar-refractivity contribution is 5.18. The summed E-state index contributed by atoms with van der Waals surface area (Å²) in [6, 6.07) is 11.8. The van der Waals surface area contributed by atoms with Gasteiger partial charge in [0.1, 0.15) is 0 Å². The summed E-state index contributed by atoms with van der Waals surface area (Å²) >= 11 is 0. The van der Waals surface area contributed by atoms with Crippen molar-refractivity contribution in [2.45, 2.75) is 50.5 Å². The molecule has 1 aromatic rings. The van der Waals surface area contributed by atoms with Crippen molar-refractivity contribution in [2.24, 2.45) is 0 Å². The van der Waals surface area contributed by atoms with Crippen molar-refractivity contribution in [1.29, 1.82) is 0 Å². The summed E-state index contributed by atoms with van der Waals surface area (Å²) in [7, 11) is 2.25. The van der Waals surface area contributed by atoms with Crippen molar-refractivity contribution in [1.82, 2.24) is 4.90 Å². The van der Waals surface area contributed by atoms with Gasteiger partial charge in [0.05, 0.1) is 13.2 Å². The van der Waals surface area contributed by atoms with Crippen molar-refractivity contribution in [2.75, 3.05) is 20.3 Å². The molecule has 1 atom stereocenters. The molecule has 0 bridgehead atoms.